The van der Waals surface area contributed by atoms with Crippen LogP contribution in [0.2, 0.25) is 0 Å². The van der Waals surface area contributed by atoms with Crippen molar-refractivity contribution in [3.63, 3.8) is 0 Å². The molecule has 2 aromatic rings. The zero-order chi connectivity index (χ0) is 23.5. The summed E-state index contributed by atoms with van der Waals surface area (Å²) in [6, 6.07) is 3.20. The van der Waals surface area contributed by atoms with E-state index in [9.17, 15) is 9.59 Å². The van der Waals surface area contributed by atoms with Crippen LogP contribution in [0.1, 0.15) is 17.9 Å². The van der Waals surface area contributed by atoms with Gasteiger partial charge in [-0.25, -0.2) is 0 Å². The number of amides is 2. The minimum Gasteiger partial charge on any atom is -0.493 e. The van der Waals surface area contributed by atoms with Crippen LogP contribution in [0.5, 0.6) is 17.2 Å². The second kappa shape index (κ2) is 9.36. The van der Waals surface area contributed by atoms with Gasteiger partial charge in [0.25, 0.3) is 0 Å². The molecule has 4 rings (SSSR count). The fourth-order valence-electron chi connectivity index (χ4n) is 3.90. The summed E-state index contributed by atoms with van der Waals surface area (Å²) in [6.45, 7) is 2.31. The van der Waals surface area contributed by atoms with Crippen molar-refractivity contribution in [1.29, 1.82) is 0 Å². The van der Waals surface area contributed by atoms with Crippen molar-refractivity contribution in [3.05, 3.63) is 17.7 Å². The van der Waals surface area contributed by atoms with E-state index in [1.54, 1.807) is 12.1 Å². The Kier molecular flexibility index (Phi) is 6.36. The first-order valence-electron chi connectivity index (χ1n) is 10.4. The van der Waals surface area contributed by atoms with E-state index in [0.29, 0.717) is 60.8 Å². The van der Waals surface area contributed by atoms with Crippen LogP contribution < -0.4 is 35.5 Å². The van der Waals surface area contributed by atoms with Gasteiger partial charge in [-0.1, -0.05) is 0 Å². The Balaban J connectivity index is 1.64. The summed E-state index contributed by atoms with van der Waals surface area (Å²) in [5.74, 6) is 0.296. The van der Waals surface area contributed by atoms with Crippen molar-refractivity contribution in [1.82, 2.24) is 9.97 Å². The molecular formula is C21H26N6O6. The van der Waals surface area contributed by atoms with Crippen molar-refractivity contribution in [3.8, 4) is 17.2 Å². The number of fused-ring (bicyclic) bond motifs is 1. The molecule has 12 nitrogen and oxygen atoms in total. The van der Waals surface area contributed by atoms with Crippen LogP contribution in [0.15, 0.2) is 12.1 Å². The van der Waals surface area contributed by atoms with E-state index in [2.05, 4.69) is 20.6 Å². The third-order valence-electron chi connectivity index (χ3n) is 5.50. The maximum atomic E-state index is 13.2. The summed E-state index contributed by atoms with van der Waals surface area (Å²) >= 11 is 0. The fraction of sp³-hybridized carbons (Fsp3) is 0.429. The molecule has 1 unspecified atom stereocenters. The Labute approximate surface area is 190 Å². The van der Waals surface area contributed by atoms with E-state index in [1.165, 1.54) is 21.3 Å². The van der Waals surface area contributed by atoms with Crippen molar-refractivity contribution in [2.75, 3.05) is 68.9 Å². The Bertz CT molecular complexity index is 1050. The SMILES string of the molecule is COc1cc(NC(=O)C2CC(=O)Nc3nc(N4CCOCC4)nc(N)c32)cc(OC)c1OC. The van der Waals surface area contributed by atoms with E-state index in [1.807, 2.05) is 4.90 Å². The highest BCUT2D eigenvalue weighted by atomic mass is 16.5. The lowest BCUT2D eigenvalue weighted by Gasteiger charge is -2.30. The molecule has 1 atom stereocenters. The highest BCUT2D eigenvalue weighted by Gasteiger charge is 2.35. The first-order valence-corrected chi connectivity index (χ1v) is 10.4. The molecule has 12 heteroatoms. The molecule has 2 aliphatic heterocycles. The van der Waals surface area contributed by atoms with Crippen molar-refractivity contribution in [2.45, 2.75) is 12.3 Å². The summed E-state index contributed by atoms with van der Waals surface area (Å²) in [5, 5.41) is 5.52. The molecule has 2 aliphatic rings. The molecule has 0 saturated carbocycles. The Hall–Kier alpha value is -3.80. The standard InChI is InChI=1S/C21H26N6O6/c1-30-13-8-11(9-14(31-2)17(13)32-3)23-20(29)12-10-15(28)24-19-16(12)18(22)25-21(26-19)27-4-6-33-7-5-27/h8-9,12H,4-7,10H2,1-3H3,(H,23,29)(H3,22,24,25,26,28). The smallest absolute Gasteiger partial charge is 0.232 e. The number of carbonyl (C=O) groups excluding carboxylic acids is 2. The average Bonchev–Trinajstić information content (AvgIpc) is 2.82. The van der Waals surface area contributed by atoms with Crippen molar-refractivity contribution >= 4 is 35.1 Å². The van der Waals surface area contributed by atoms with E-state index in [-0.39, 0.29) is 24.0 Å². The van der Waals surface area contributed by atoms with Gasteiger partial charge < -0.3 is 40.2 Å². The number of nitrogens with two attached hydrogens (primary N) is 1. The third kappa shape index (κ3) is 4.42. The normalized spacial score (nSPS) is 17.6. The van der Waals surface area contributed by atoms with Gasteiger partial charge in [0, 0.05) is 37.3 Å². The van der Waals surface area contributed by atoms with Gasteiger partial charge in [-0.05, 0) is 0 Å². The number of hydrogen-bond donors (Lipinski definition) is 3. The van der Waals surface area contributed by atoms with Gasteiger partial charge in [0.2, 0.25) is 23.5 Å². The number of hydrogen-bond acceptors (Lipinski definition) is 10. The summed E-state index contributed by atoms with van der Waals surface area (Å²) in [4.78, 5) is 36.4. The van der Waals surface area contributed by atoms with E-state index >= 15 is 0 Å². The van der Waals surface area contributed by atoms with Gasteiger partial charge in [-0.15, -0.1) is 0 Å². The van der Waals surface area contributed by atoms with Crippen LogP contribution in [0.3, 0.4) is 0 Å². The van der Waals surface area contributed by atoms with Gasteiger partial charge in [0.1, 0.15) is 11.6 Å². The quantitative estimate of drug-likeness (QED) is 0.572. The zero-order valence-corrected chi connectivity index (χ0v) is 18.6. The lowest BCUT2D eigenvalue weighted by atomic mass is 9.92. The highest BCUT2D eigenvalue weighted by molar-refractivity contribution is 6.05. The predicted molar refractivity (Wildman–Crippen MR) is 120 cm³/mol. The Morgan fingerprint density at radius 3 is 2.42 bits per heavy atom. The molecule has 0 aliphatic carbocycles. The summed E-state index contributed by atoms with van der Waals surface area (Å²) < 4.78 is 21.3. The number of morpholine rings is 1. The number of nitrogen functional groups attached to an aromatic ring is 1. The summed E-state index contributed by atoms with van der Waals surface area (Å²) in [7, 11) is 4.45. The molecule has 33 heavy (non-hydrogen) atoms. The molecule has 0 bridgehead atoms. The lowest BCUT2D eigenvalue weighted by molar-refractivity contribution is -0.123. The number of ether oxygens (including phenoxy) is 4. The minimum atomic E-state index is -0.869. The maximum absolute atomic E-state index is 13.2. The van der Waals surface area contributed by atoms with Crippen molar-refractivity contribution in [2.24, 2.45) is 0 Å². The fourth-order valence-corrected chi connectivity index (χ4v) is 3.90. The number of carbonyl (C=O) groups is 2. The number of rotatable bonds is 6. The van der Waals surface area contributed by atoms with Crippen LogP contribution >= 0.6 is 0 Å². The molecule has 1 saturated heterocycles. The second-order valence-corrected chi connectivity index (χ2v) is 7.48. The first kappa shape index (κ1) is 22.4. The highest BCUT2D eigenvalue weighted by Crippen LogP contribution is 2.41. The van der Waals surface area contributed by atoms with E-state index in [4.69, 9.17) is 24.7 Å². The number of methoxy groups -OCH3 is 3. The molecule has 2 amide bonds. The van der Waals surface area contributed by atoms with E-state index < -0.39 is 11.8 Å². The van der Waals surface area contributed by atoms with Crippen LogP contribution in [-0.2, 0) is 14.3 Å². The minimum absolute atomic E-state index is 0.0896. The number of nitrogens with one attached hydrogen (secondary N) is 2. The average molecular weight is 458 g/mol. The molecule has 3 heterocycles. The topological polar surface area (TPSA) is 150 Å². The van der Waals surface area contributed by atoms with E-state index in [0.717, 1.165) is 0 Å². The number of anilines is 4. The molecular weight excluding hydrogens is 432 g/mol. The summed E-state index contributed by atoms with van der Waals surface area (Å²) in [5.41, 5.74) is 7.04. The largest absolute Gasteiger partial charge is 0.493 e. The van der Waals surface area contributed by atoms with Gasteiger partial charge >= 0.3 is 0 Å². The Morgan fingerprint density at radius 1 is 1.15 bits per heavy atom. The van der Waals surface area contributed by atoms with Crippen LogP contribution in [-0.4, -0.2) is 69.4 Å². The van der Waals surface area contributed by atoms with Crippen molar-refractivity contribution < 1.29 is 28.5 Å². The van der Waals surface area contributed by atoms with Gasteiger partial charge in [-0.3, -0.25) is 9.59 Å². The number of nitrogens with zero attached hydrogens (tertiary/aromatic N) is 3. The third-order valence-corrected chi connectivity index (χ3v) is 5.50. The second-order valence-electron chi connectivity index (χ2n) is 7.48. The number of aromatic nitrogens is 2. The number of benzene rings is 1. The van der Waals surface area contributed by atoms with Crippen LogP contribution in [0.4, 0.5) is 23.3 Å². The van der Waals surface area contributed by atoms with Crippen LogP contribution in [0, 0.1) is 0 Å². The van der Waals surface area contributed by atoms with Gasteiger partial charge in [0.15, 0.2) is 11.5 Å². The Morgan fingerprint density at radius 2 is 1.82 bits per heavy atom. The summed E-state index contributed by atoms with van der Waals surface area (Å²) in [6.07, 6.45) is -0.0896. The zero-order valence-electron chi connectivity index (χ0n) is 18.6. The monoisotopic (exact) mass is 458 g/mol. The first-order chi connectivity index (χ1) is 15.9. The van der Waals surface area contributed by atoms with Crippen LogP contribution in [0.25, 0.3) is 0 Å². The maximum Gasteiger partial charge on any atom is 0.232 e. The molecule has 1 aromatic heterocycles. The van der Waals surface area contributed by atoms with Gasteiger partial charge in [-0.2, -0.15) is 9.97 Å². The molecule has 0 radical (unpaired) electrons. The lowest BCUT2D eigenvalue weighted by Crippen LogP contribution is -2.38. The molecule has 4 N–H and O–H groups in total. The molecule has 0 spiro atoms. The molecule has 176 valence electrons. The predicted octanol–water partition coefficient (Wildman–Crippen LogP) is 0.986. The molecule has 1 fully saturated rings. The molecule has 1 aromatic carbocycles. The van der Waals surface area contributed by atoms with Gasteiger partial charge in [0.05, 0.1) is 46.0 Å².